The molecule has 3 N–H and O–H groups in total. The van der Waals surface area contributed by atoms with Crippen molar-refractivity contribution in [3.63, 3.8) is 0 Å². The molecule has 0 aromatic carbocycles. The van der Waals surface area contributed by atoms with Crippen LogP contribution in [0.1, 0.15) is 47.5 Å². The first-order valence-electron chi connectivity index (χ1n) is 9.30. The zero-order valence-electron chi connectivity index (χ0n) is 17.6. The molecular weight excluding hydrogens is 426 g/mol. The van der Waals surface area contributed by atoms with E-state index in [9.17, 15) is 18.0 Å². The summed E-state index contributed by atoms with van der Waals surface area (Å²) in [6, 6.07) is 0. The summed E-state index contributed by atoms with van der Waals surface area (Å²) in [5.41, 5.74) is 0. The molecule has 3 saturated heterocycles. The van der Waals surface area contributed by atoms with E-state index >= 15 is 0 Å². The van der Waals surface area contributed by atoms with Gasteiger partial charge in [-0.05, 0) is 34.6 Å². The molecule has 3 heterocycles. The molecule has 0 saturated carbocycles. The van der Waals surface area contributed by atoms with Gasteiger partial charge in [0.25, 0.3) is 0 Å². The molecule has 0 aromatic rings. The number of carbonyl (C=O) groups excluding carboxylic acids is 1. The van der Waals surface area contributed by atoms with Crippen LogP contribution >= 0.6 is 0 Å². The standard InChI is InChI=1S/C12H21NO8S.C5H8O3/c1-10(2)18-7-5-16-12(6-17-22(13,14)15)9(8(7)19-10)20-11(3,4)21-12;1-4(6)2-3-5(7)8/h7-9H,5-6H2,1-4H3,(H2,13,14,15);2-3H2,1H3,(H,7,8)/t7-,8-,9+,12+;/m1./s1. The molecule has 3 rings (SSSR count). The first-order chi connectivity index (χ1) is 13.5. The number of ether oxygens (including phenoxy) is 5. The van der Waals surface area contributed by atoms with E-state index in [0.717, 1.165) is 0 Å². The van der Waals surface area contributed by atoms with Crippen LogP contribution in [0, 0.1) is 0 Å². The molecule has 30 heavy (non-hydrogen) atoms. The van der Waals surface area contributed by atoms with Gasteiger partial charge in [0.1, 0.15) is 30.7 Å². The number of hydrogen-bond donors (Lipinski definition) is 2. The van der Waals surface area contributed by atoms with E-state index < -0.39 is 52.4 Å². The van der Waals surface area contributed by atoms with Gasteiger partial charge < -0.3 is 33.6 Å². The SMILES string of the molecule is CC(=O)CCC(=O)O.CC1(C)O[C@@H]2[C@@H](CO[C@@]3(COS(N)(=O)=O)OC(C)(C)O[C@@H]23)O1. The Morgan fingerprint density at radius 1 is 1.10 bits per heavy atom. The van der Waals surface area contributed by atoms with Crippen molar-refractivity contribution in [2.45, 2.75) is 83.1 Å². The van der Waals surface area contributed by atoms with Gasteiger partial charge in [0.05, 0.1) is 13.0 Å². The fourth-order valence-corrected chi connectivity index (χ4v) is 3.72. The molecule has 0 aromatic heterocycles. The van der Waals surface area contributed by atoms with Crippen LogP contribution in [0.4, 0.5) is 0 Å². The van der Waals surface area contributed by atoms with Crippen molar-refractivity contribution in [1.29, 1.82) is 0 Å². The molecular formula is C17H29NO11S. The lowest BCUT2D eigenvalue weighted by Gasteiger charge is -2.40. The molecule has 0 spiro atoms. The molecule has 0 unspecified atom stereocenters. The summed E-state index contributed by atoms with van der Waals surface area (Å²) in [7, 11) is -4.14. The third kappa shape index (κ3) is 6.65. The lowest BCUT2D eigenvalue weighted by atomic mass is 9.98. The predicted molar refractivity (Wildman–Crippen MR) is 99.2 cm³/mol. The number of hydrogen-bond acceptors (Lipinski definition) is 10. The molecule has 13 heteroatoms. The first kappa shape index (κ1) is 25.1. The van der Waals surface area contributed by atoms with E-state index in [1.54, 1.807) is 27.7 Å². The van der Waals surface area contributed by atoms with Crippen molar-refractivity contribution in [2.75, 3.05) is 13.2 Å². The third-order valence-corrected chi connectivity index (χ3v) is 4.84. The van der Waals surface area contributed by atoms with E-state index in [4.69, 9.17) is 38.1 Å². The van der Waals surface area contributed by atoms with Crippen LogP contribution in [-0.2, 0) is 47.8 Å². The number of ketones is 1. The highest BCUT2D eigenvalue weighted by Crippen LogP contribution is 2.47. The molecule has 0 bridgehead atoms. The summed E-state index contributed by atoms with van der Waals surface area (Å²) >= 11 is 0. The minimum Gasteiger partial charge on any atom is -0.481 e. The van der Waals surface area contributed by atoms with Gasteiger partial charge >= 0.3 is 16.3 Å². The van der Waals surface area contributed by atoms with Crippen molar-refractivity contribution >= 4 is 22.1 Å². The van der Waals surface area contributed by atoms with E-state index in [1.165, 1.54) is 6.92 Å². The molecule has 4 atom stereocenters. The first-order valence-corrected chi connectivity index (χ1v) is 10.8. The van der Waals surface area contributed by atoms with E-state index in [2.05, 4.69) is 0 Å². The maximum Gasteiger partial charge on any atom is 0.333 e. The Balaban J connectivity index is 0.000000343. The fourth-order valence-electron chi connectivity index (χ4n) is 3.39. The van der Waals surface area contributed by atoms with Crippen LogP contribution in [0.25, 0.3) is 0 Å². The molecule has 0 aliphatic carbocycles. The van der Waals surface area contributed by atoms with Crippen LogP contribution in [0.2, 0.25) is 0 Å². The van der Waals surface area contributed by atoms with Crippen LogP contribution in [0.5, 0.6) is 0 Å². The van der Waals surface area contributed by atoms with Crippen molar-refractivity contribution < 1.29 is 51.0 Å². The lowest BCUT2D eigenvalue weighted by Crippen LogP contribution is -2.60. The van der Waals surface area contributed by atoms with Crippen molar-refractivity contribution in [3.8, 4) is 0 Å². The number of fused-ring (bicyclic) bond motifs is 3. The molecule has 0 radical (unpaired) electrons. The molecule has 3 fully saturated rings. The summed E-state index contributed by atoms with van der Waals surface area (Å²) in [5.74, 6) is -4.18. The molecule has 12 nitrogen and oxygen atoms in total. The lowest BCUT2D eigenvalue weighted by molar-refractivity contribution is -0.290. The van der Waals surface area contributed by atoms with Crippen molar-refractivity contribution in [2.24, 2.45) is 5.14 Å². The van der Waals surface area contributed by atoms with Gasteiger partial charge in [0, 0.05) is 6.42 Å². The van der Waals surface area contributed by atoms with Crippen molar-refractivity contribution in [1.82, 2.24) is 0 Å². The zero-order valence-corrected chi connectivity index (χ0v) is 18.4. The number of nitrogens with two attached hydrogens (primary N) is 1. The molecule has 0 amide bonds. The average Bonchev–Trinajstić information content (AvgIpc) is 3.02. The number of Topliss-reactive ketones (excluding diaryl/α,β-unsaturated/α-hetero) is 1. The second-order valence-corrected chi connectivity index (χ2v) is 9.37. The molecule has 3 aliphatic heterocycles. The molecule has 3 aliphatic rings. The van der Waals surface area contributed by atoms with Gasteiger partial charge in [-0.2, -0.15) is 8.42 Å². The number of carboxylic acid groups (broad SMARTS) is 1. The predicted octanol–water partition coefficient (Wildman–Crippen LogP) is 0.0448. The van der Waals surface area contributed by atoms with Gasteiger partial charge in [0.15, 0.2) is 11.6 Å². The second-order valence-electron chi connectivity index (χ2n) is 8.15. The van der Waals surface area contributed by atoms with Crippen LogP contribution in [0.3, 0.4) is 0 Å². The zero-order chi connectivity index (χ0) is 23.0. The summed E-state index contributed by atoms with van der Waals surface area (Å²) in [6.45, 7) is 8.09. The smallest absolute Gasteiger partial charge is 0.333 e. The fraction of sp³-hybridized carbons (Fsp3) is 0.882. The Morgan fingerprint density at radius 2 is 1.73 bits per heavy atom. The highest BCUT2D eigenvalue weighted by atomic mass is 32.2. The second kappa shape index (κ2) is 8.74. The topological polar surface area (TPSA) is 170 Å². The maximum absolute atomic E-state index is 11.1. The number of carbonyl (C=O) groups is 2. The van der Waals surface area contributed by atoms with Crippen molar-refractivity contribution in [3.05, 3.63) is 0 Å². The third-order valence-electron chi connectivity index (χ3n) is 4.39. The minimum atomic E-state index is -4.14. The summed E-state index contributed by atoms with van der Waals surface area (Å²) in [4.78, 5) is 19.8. The van der Waals surface area contributed by atoms with Gasteiger partial charge in [-0.25, -0.2) is 5.14 Å². The quantitative estimate of drug-likeness (QED) is 0.554. The average molecular weight is 455 g/mol. The Morgan fingerprint density at radius 3 is 2.23 bits per heavy atom. The Kier molecular flexibility index (Phi) is 7.31. The Labute approximate surface area is 175 Å². The Hall–Kier alpha value is -1.19. The van der Waals surface area contributed by atoms with Crippen LogP contribution in [-0.4, -0.2) is 74.2 Å². The summed E-state index contributed by atoms with van der Waals surface area (Å²) in [6.07, 6.45) is -1.40. The normalized spacial score (nSPS) is 33.7. The highest BCUT2D eigenvalue weighted by Gasteiger charge is 2.65. The monoisotopic (exact) mass is 455 g/mol. The van der Waals surface area contributed by atoms with Gasteiger partial charge in [0.2, 0.25) is 5.79 Å². The van der Waals surface area contributed by atoms with E-state index in [-0.39, 0.29) is 31.3 Å². The Bertz CT molecular complexity index is 752. The summed E-state index contributed by atoms with van der Waals surface area (Å²) in [5, 5.41) is 12.9. The number of rotatable bonds is 6. The highest BCUT2D eigenvalue weighted by molar-refractivity contribution is 7.84. The number of carboxylic acids is 1. The van der Waals surface area contributed by atoms with Gasteiger partial charge in [-0.3, -0.25) is 8.98 Å². The number of aliphatic carboxylic acids is 1. The van der Waals surface area contributed by atoms with E-state index in [1.807, 2.05) is 0 Å². The summed E-state index contributed by atoms with van der Waals surface area (Å²) < 4.78 is 55.9. The maximum atomic E-state index is 11.1. The molecule has 174 valence electrons. The van der Waals surface area contributed by atoms with Crippen LogP contribution < -0.4 is 5.14 Å². The van der Waals surface area contributed by atoms with Gasteiger partial charge in [-0.15, -0.1) is 0 Å². The largest absolute Gasteiger partial charge is 0.481 e. The minimum absolute atomic E-state index is 0.0463. The van der Waals surface area contributed by atoms with E-state index in [0.29, 0.717) is 0 Å². The van der Waals surface area contributed by atoms with Crippen LogP contribution in [0.15, 0.2) is 0 Å². The van der Waals surface area contributed by atoms with Gasteiger partial charge in [-0.1, -0.05) is 0 Å².